The molecule has 0 spiro atoms. The Balaban J connectivity index is 0.000000213. The van der Waals surface area contributed by atoms with Gasteiger partial charge in [-0.15, -0.1) is 11.3 Å². The monoisotopic (exact) mass is 180 g/mol. The van der Waals surface area contributed by atoms with Crippen LogP contribution in [-0.2, 0) is 0 Å². The molecule has 0 saturated carbocycles. The fourth-order valence-electron chi connectivity index (χ4n) is 0.906. The molecule has 1 nitrogen and oxygen atoms in total. The van der Waals surface area contributed by atoms with E-state index in [1.807, 2.05) is 0 Å². The van der Waals surface area contributed by atoms with Crippen LogP contribution in [0.15, 0.2) is 35.7 Å². The number of fused-ring (bicyclic) bond motifs is 1. The van der Waals surface area contributed by atoms with Crippen molar-refractivity contribution in [2.24, 2.45) is 0 Å². The molecular formula is C10H12OS. The number of aliphatic hydroxyl groups excluding tert-OH is 1. The Kier molecular flexibility index (Phi) is 3.77. The van der Waals surface area contributed by atoms with Crippen LogP contribution in [0.4, 0.5) is 0 Å². The smallest absolute Gasteiger partial charge is 0.0402 e. The molecule has 0 aliphatic rings. The topological polar surface area (TPSA) is 20.2 Å². The number of thiophene rings is 1. The van der Waals surface area contributed by atoms with E-state index in [9.17, 15) is 0 Å². The predicted molar refractivity (Wildman–Crippen MR) is 54.6 cm³/mol. The highest BCUT2D eigenvalue weighted by atomic mass is 32.1. The first-order valence-electron chi connectivity index (χ1n) is 3.91. The normalized spacial score (nSPS) is 9.17. The van der Waals surface area contributed by atoms with Gasteiger partial charge in [0.1, 0.15) is 0 Å². The van der Waals surface area contributed by atoms with Crippen LogP contribution in [0.5, 0.6) is 0 Å². The highest BCUT2D eigenvalue weighted by molar-refractivity contribution is 7.17. The van der Waals surface area contributed by atoms with E-state index in [0.717, 1.165) is 0 Å². The van der Waals surface area contributed by atoms with E-state index in [4.69, 9.17) is 5.11 Å². The molecule has 1 N–H and O–H groups in total. The van der Waals surface area contributed by atoms with Crippen molar-refractivity contribution in [2.45, 2.75) is 6.92 Å². The van der Waals surface area contributed by atoms with Gasteiger partial charge in [-0.25, -0.2) is 0 Å². The average Bonchev–Trinajstić information content (AvgIpc) is 2.52. The number of benzene rings is 1. The Morgan fingerprint density at radius 3 is 2.58 bits per heavy atom. The average molecular weight is 180 g/mol. The van der Waals surface area contributed by atoms with Gasteiger partial charge in [0.2, 0.25) is 0 Å². The zero-order valence-electron chi connectivity index (χ0n) is 7.03. The number of hydrogen-bond donors (Lipinski definition) is 1. The minimum absolute atomic E-state index is 0.250. The van der Waals surface area contributed by atoms with Crippen LogP contribution < -0.4 is 0 Å². The minimum atomic E-state index is 0.250. The van der Waals surface area contributed by atoms with Crippen molar-refractivity contribution >= 4 is 21.4 Å². The summed E-state index contributed by atoms with van der Waals surface area (Å²) in [5.41, 5.74) is 0. The third kappa shape index (κ3) is 2.32. The third-order valence-electron chi connectivity index (χ3n) is 1.36. The highest BCUT2D eigenvalue weighted by Gasteiger charge is 1.87. The van der Waals surface area contributed by atoms with Crippen LogP contribution in [0.25, 0.3) is 10.1 Å². The molecule has 12 heavy (non-hydrogen) atoms. The molecule has 1 heterocycles. The van der Waals surface area contributed by atoms with Gasteiger partial charge in [-0.05, 0) is 29.8 Å². The van der Waals surface area contributed by atoms with Crippen molar-refractivity contribution in [2.75, 3.05) is 6.61 Å². The summed E-state index contributed by atoms with van der Waals surface area (Å²) >= 11 is 1.79. The van der Waals surface area contributed by atoms with E-state index in [0.29, 0.717) is 0 Å². The largest absolute Gasteiger partial charge is 0.397 e. The molecule has 0 atom stereocenters. The maximum atomic E-state index is 7.57. The Hall–Kier alpha value is -0.860. The zero-order chi connectivity index (χ0) is 8.81. The first kappa shape index (κ1) is 9.23. The SMILES string of the molecule is CCO.c1ccc2sccc2c1. The van der Waals surface area contributed by atoms with E-state index in [1.54, 1.807) is 18.3 Å². The van der Waals surface area contributed by atoms with Crippen molar-refractivity contribution < 1.29 is 5.11 Å². The van der Waals surface area contributed by atoms with Gasteiger partial charge in [-0.3, -0.25) is 0 Å². The quantitative estimate of drug-likeness (QED) is 0.661. The molecule has 0 bridgehead atoms. The van der Waals surface area contributed by atoms with Crippen LogP contribution in [0.3, 0.4) is 0 Å². The van der Waals surface area contributed by atoms with Crippen LogP contribution in [-0.4, -0.2) is 11.7 Å². The third-order valence-corrected chi connectivity index (χ3v) is 2.26. The second-order valence-electron chi connectivity index (χ2n) is 2.27. The molecule has 0 saturated heterocycles. The zero-order valence-corrected chi connectivity index (χ0v) is 7.84. The summed E-state index contributed by atoms with van der Waals surface area (Å²) in [6.45, 7) is 1.93. The summed E-state index contributed by atoms with van der Waals surface area (Å²) in [7, 11) is 0. The predicted octanol–water partition coefficient (Wildman–Crippen LogP) is 2.90. The maximum Gasteiger partial charge on any atom is 0.0402 e. The number of rotatable bonds is 0. The summed E-state index contributed by atoms with van der Waals surface area (Å²) in [5.74, 6) is 0. The summed E-state index contributed by atoms with van der Waals surface area (Å²) < 4.78 is 1.37. The van der Waals surface area contributed by atoms with Crippen LogP contribution >= 0.6 is 11.3 Å². The molecule has 0 radical (unpaired) electrons. The number of hydrogen-bond acceptors (Lipinski definition) is 2. The maximum absolute atomic E-state index is 7.57. The van der Waals surface area contributed by atoms with E-state index in [1.165, 1.54) is 10.1 Å². The molecule has 0 fully saturated rings. The van der Waals surface area contributed by atoms with Gasteiger partial charge < -0.3 is 5.11 Å². The van der Waals surface area contributed by atoms with Gasteiger partial charge in [0, 0.05) is 11.3 Å². The van der Waals surface area contributed by atoms with Gasteiger partial charge in [0.15, 0.2) is 0 Å². The molecule has 0 amide bonds. The minimum Gasteiger partial charge on any atom is -0.397 e. The fraction of sp³-hybridized carbons (Fsp3) is 0.200. The van der Waals surface area contributed by atoms with Crippen molar-refractivity contribution in [3.8, 4) is 0 Å². The first-order valence-corrected chi connectivity index (χ1v) is 4.79. The van der Waals surface area contributed by atoms with Gasteiger partial charge in [-0.1, -0.05) is 18.2 Å². The second-order valence-corrected chi connectivity index (χ2v) is 3.22. The lowest BCUT2D eigenvalue weighted by molar-refractivity contribution is 0.318. The second kappa shape index (κ2) is 4.91. The van der Waals surface area contributed by atoms with Crippen molar-refractivity contribution in [1.82, 2.24) is 0 Å². The fourth-order valence-corrected chi connectivity index (χ4v) is 1.70. The molecule has 64 valence electrons. The summed E-state index contributed by atoms with van der Waals surface area (Å²) in [4.78, 5) is 0. The molecular weight excluding hydrogens is 168 g/mol. The Morgan fingerprint density at radius 1 is 1.25 bits per heavy atom. The van der Waals surface area contributed by atoms with Gasteiger partial charge in [-0.2, -0.15) is 0 Å². The molecule has 0 aliphatic carbocycles. The van der Waals surface area contributed by atoms with E-state index >= 15 is 0 Å². The first-order chi connectivity index (χ1) is 5.88. The van der Waals surface area contributed by atoms with Crippen LogP contribution in [0.2, 0.25) is 0 Å². The van der Waals surface area contributed by atoms with Crippen LogP contribution in [0.1, 0.15) is 6.92 Å². The molecule has 2 aromatic rings. The van der Waals surface area contributed by atoms with E-state index in [2.05, 4.69) is 35.7 Å². The van der Waals surface area contributed by atoms with Crippen molar-refractivity contribution in [1.29, 1.82) is 0 Å². The summed E-state index contributed by atoms with van der Waals surface area (Å²) in [5, 5.41) is 11.0. The Bertz CT molecular complexity index is 297. The lowest BCUT2D eigenvalue weighted by atomic mass is 10.3. The molecule has 1 aromatic heterocycles. The van der Waals surface area contributed by atoms with E-state index in [-0.39, 0.29) is 6.61 Å². The van der Waals surface area contributed by atoms with Gasteiger partial charge in [0.25, 0.3) is 0 Å². The molecule has 0 aliphatic heterocycles. The van der Waals surface area contributed by atoms with Crippen molar-refractivity contribution in [3.63, 3.8) is 0 Å². The van der Waals surface area contributed by atoms with E-state index < -0.39 is 0 Å². The Labute approximate surface area is 76.3 Å². The molecule has 1 aromatic carbocycles. The standard InChI is InChI=1S/C8H6S.C2H6O/c1-2-4-8-7(3-1)5-6-9-8;1-2-3/h1-6H;3H,2H2,1H3. The lowest BCUT2D eigenvalue weighted by Crippen LogP contribution is -1.57. The molecule has 0 unspecified atom stereocenters. The Morgan fingerprint density at radius 2 is 1.92 bits per heavy atom. The van der Waals surface area contributed by atoms with Gasteiger partial charge >= 0.3 is 0 Å². The van der Waals surface area contributed by atoms with Crippen molar-refractivity contribution in [3.05, 3.63) is 35.7 Å². The summed E-state index contributed by atoms with van der Waals surface area (Å²) in [6, 6.07) is 10.5. The summed E-state index contributed by atoms with van der Waals surface area (Å²) in [6.07, 6.45) is 0. The molecule has 2 rings (SSSR count). The molecule has 2 heteroatoms. The lowest BCUT2D eigenvalue weighted by Gasteiger charge is -1.82. The highest BCUT2D eigenvalue weighted by Crippen LogP contribution is 2.18. The van der Waals surface area contributed by atoms with Crippen LogP contribution in [0, 0.1) is 0 Å². The number of aliphatic hydroxyl groups is 1. The van der Waals surface area contributed by atoms with Gasteiger partial charge in [0.05, 0.1) is 0 Å².